The first-order valence-corrected chi connectivity index (χ1v) is 7.91. The van der Waals surface area contributed by atoms with E-state index in [1.165, 1.54) is 12.1 Å². The lowest BCUT2D eigenvalue weighted by atomic mass is 10.0. The van der Waals surface area contributed by atoms with Gasteiger partial charge in [0.1, 0.15) is 5.82 Å². The fraction of sp³-hybridized carbons (Fsp3) is 0.150. The maximum absolute atomic E-state index is 13.2. The minimum absolute atomic E-state index is 0.0399. The van der Waals surface area contributed by atoms with Gasteiger partial charge in [-0.2, -0.15) is 0 Å². The average Bonchev–Trinajstić information content (AvgIpc) is 3.14. The van der Waals surface area contributed by atoms with Gasteiger partial charge in [-0.3, -0.25) is 4.79 Å². The summed E-state index contributed by atoms with van der Waals surface area (Å²) in [4.78, 5) is 12.4. The molecule has 1 heterocycles. The van der Waals surface area contributed by atoms with Crippen molar-refractivity contribution in [3.8, 4) is 0 Å². The van der Waals surface area contributed by atoms with Crippen molar-refractivity contribution in [1.29, 1.82) is 0 Å². The van der Waals surface area contributed by atoms with Crippen molar-refractivity contribution in [2.75, 3.05) is 0 Å². The molecule has 0 aliphatic heterocycles. The Morgan fingerprint density at radius 2 is 1.62 bits per heavy atom. The molecular weight excluding hydrogens is 303 g/mol. The highest BCUT2D eigenvalue weighted by Crippen LogP contribution is 2.22. The van der Waals surface area contributed by atoms with Crippen LogP contribution in [0.3, 0.4) is 0 Å². The molecule has 0 radical (unpaired) electrons. The van der Waals surface area contributed by atoms with Gasteiger partial charge >= 0.3 is 0 Å². The van der Waals surface area contributed by atoms with E-state index in [1.54, 1.807) is 12.1 Å². The highest BCUT2D eigenvalue weighted by molar-refractivity contribution is 5.76. The van der Waals surface area contributed by atoms with Crippen LogP contribution in [0.2, 0.25) is 0 Å². The number of aromatic nitrogens is 1. The first-order valence-electron chi connectivity index (χ1n) is 7.91. The molecule has 0 aliphatic carbocycles. The van der Waals surface area contributed by atoms with E-state index in [9.17, 15) is 9.18 Å². The number of carbonyl (C=O) groups excluding carboxylic acids is 1. The molecule has 24 heavy (non-hydrogen) atoms. The van der Waals surface area contributed by atoms with E-state index in [2.05, 4.69) is 5.32 Å². The quantitative estimate of drug-likeness (QED) is 0.733. The molecule has 0 fully saturated rings. The number of rotatable bonds is 6. The minimum Gasteiger partial charge on any atom is -0.352 e. The number of hydrogen-bond donors (Lipinski definition) is 1. The lowest BCUT2D eigenvalue weighted by Gasteiger charge is -2.19. The van der Waals surface area contributed by atoms with Crippen LogP contribution < -0.4 is 5.32 Å². The summed E-state index contributed by atoms with van der Waals surface area (Å²) < 4.78 is 15.1. The second-order valence-corrected chi connectivity index (χ2v) is 5.66. The zero-order valence-electron chi connectivity index (χ0n) is 13.2. The molecule has 1 atom stereocenters. The monoisotopic (exact) mass is 322 g/mol. The molecule has 3 rings (SSSR count). The maximum Gasteiger partial charge on any atom is 0.222 e. The SMILES string of the molecule is O=C(CC(c1ccc(F)cc1)n1cccc1)NCc1ccccc1. The van der Waals surface area contributed by atoms with Gasteiger partial charge in [-0.15, -0.1) is 0 Å². The van der Waals surface area contributed by atoms with E-state index in [0.29, 0.717) is 13.0 Å². The molecule has 0 aliphatic rings. The molecule has 2 aromatic carbocycles. The van der Waals surface area contributed by atoms with Gasteiger partial charge in [0.15, 0.2) is 0 Å². The Kier molecular flexibility index (Phi) is 5.06. The van der Waals surface area contributed by atoms with Crippen molar-refractivity contribution < 1.29 is 9.18 Å². The van der Waals surface area contributed by atoms with Crippen LogP contribution in [0.15, 0.2) is 79.1 Å². The summed E-state index contributed by atoms with van der Waals surface area (Å²) in [6.07, 6.45) is 4.13. The van der Waals surface area contributed by atoms with Crippen molar-refractivity contribution in [2.45, 2.75) is 19.0 Å². The van der Waals surface area contributed by atoms with Crippen LogP contribution in [-0.4, -0.2) is 10.5 Å². The fourth-order valence-corrected chi connectivity index (χ4v) is 2.68. The van der Waals surface area contributed by atoms with Crippen LogP contribution >= 0.6 is 0 Å². The number of nitrogens with one attached hydrogen (secondary N) is 1. The Morgan fingerprint density at radius 1 is 0.958 bits per heavy atom. The van der Waals surface area contributed by atoms with Crippen LogP contribution in [0.25, 0.3) is 0 Å². The summed E-state index contributed by atoms with van der Waals surface area (Å²) in [7, 11) is 0. The van der Waals surface area contributed by atoms with Gasteiger partial charge in [-0.25, -0.2) is 4.39 Å². The third-order valence-corrected chi connectivity index (χ3v) is 3.95. The molecule has 0 spiro atoms. The molecule has 0 saturated carbocycles. The predicted octanol–water partition coefficient (Wildman–Crippen LogP) is 3.92. The van der Waals surface area contributed by atoms with Gasteiger partial charge in [0.2, 0.25) is 5.91 Å². The van der Waals surface area contributed by atoms with E-state index >= 15 is 0 Å². The Hall–Kier alpha value is -2.88. The molecule has 0 bridgehead atoms. The van der Waals surface area contributed by atoms with E-state index in [0.717, 1.165) is 11.1 Å². The van der Waals surface area contributed by atoms with Crippen LogP contribution in [0.4, 0.5) is 4.39 Å². The number of halogens is 1. The largest absolute Gasteiger partial charge is 0.352 e. The molecule has 1 unspecified atom stereocenters. The Bertz CT molecular complexity index is 767. The topological polar surface area (TPSA) is 34.0 Å². The number of benzene rings is 2. The van der Waals surface area contributed by atoms with Crippen LogP contribution in [0.1, 0.15) is 23.6 Å². The van der Waals surface area contributed by atoms with E-state index in [1.807, 2.05) is 59.4 Å². The summed E-state index contributed by atoms with van der Waals surface area (Å²) in [6.45, 7) is 0.501. The van der Waals surface area contributed by atoms with Gasteiger partial charge in [-0.05, 0) is 35.4 Å². The van der Waals surface area contributed by atoms with E-state index < -0.39 is 0 Å². The van der Waals surface area contributed by atoms with Gasteiger partial charge in [0.25, 0.3) is 0 Å². The van der Waals surface area contributed by atoms with E-state index in [4.69, 9.17) is 0 Å². The first kappa shape index (κ1) is 16.0. The Labute approximate surface area is 140 Å². The zero-order chi connectivity index (χ0) is 16.8. The number of nitrogens with zero attached hydrogens (tertiary/aromatic N) is 1. The summed E-state index contributed by atoms with van der Waals surface area (Å²) >= 11 is 0. The summed E-state index contributed by atoms with van der Waals surface area (Å²) in [6, 6.07) is 19.8. The Balaban J connectivity index is 1.70. The van der Waals surface area contributed by atoms with Gasteiger partial charge in [-0.1, -0.05) is 42.5 Å². The van der Waals surface area contributed by atoms with Gasteiger partial charge in [0.05, 0.1) is 12.5 Å². The summed E-state index contributed by atoms with van der Waals surface area (Å²) in [5.74, 6) is -0.319. The minimum atomic E-state index is -0.279. The van der Waals surface area contributed by atoms with Crippen molar-refractivity contribution in [3.05, 3.63) is 96.1 Å². The Morgan fingerprint density at radius 3 is 2.29 bits per heavy atom. The first-order chi connectivity index (χ1) is 11.7. The maximum atomic E-state index is 13.2. The van der Waals surface area contributed by atoms with Gasteiger partial charge < -0.3 is 9.88 Å². The molecule has 1 amide bonds. The number of carbonyl (C=O) groups is 1. The average molecular weight is 322 g/mol. The summed E-state index contributed by atoms with van der Waals surface area (Å²) in [5.41, 5.74) is 1.97. The molecule has 122 valence electrons. The third kappa shape index (κ3) is 4.10. The number of hydrogen-bond acceptors (Lipinski definition) is 1. The van der Waals surface area contributed by atoms with Crippen LogP contribution in [0, 0.1) is 5.82 Å². The predicted molar refractivity (Wildman–Crippen MR) is 91.9 cm³/mol. The normalized spacial score (nSPS) is 11.9. The van der Waals surface area contributed by atoms with Crippen molar-refractivity contribution in [1.82, 2.24) is 9.88 Å². The molecular formula is C20H19FN2O. The molecule has 3 nitrogen and oxygen atoms in total. The van der Waals surface area contributed by atoms with Crippen LogP contribution in [-0.2, 0) is 11.3 Å². The second kappa shape index (κ2) is 7.59. The second-order valence-electron chi connectivity index (χ2n) is 5.66. The smallest absolute Gasteiger partial charge is 0.222 e. The highest BCUT2D eigenvalue weighted by Gasteiger charge is 2.17. The van der Waals surface area contributed by atoms with E-state index in [-0.39, 0.29) is 17.8 Å². The fourth-order valence-electron chi connectivity index (χ4n) is 2.68. The lowest BCUT2D eigenvalue weighted by Crippen LogP contribution is -2.26. The summed E-state index contributed by atoms with van der Waals surface area (Å²) in [5, 5.41) is 2.95. The van der Waals surface area contributed by atoms with Crippen LogP contribution in [0.5, 0.6) is 0 Å². The van der Waals surface area contributed by atoms with Crippen molar-refractivity contribution in [3.63, 3.8) is 0 Å². The van der Waals surface area contributed by atoms with Gasteiger partial charge in [0, 0.05) is 18.9 Å². The third-order valence-electron chi connectivity index (χ3n) is 3.95. The molecule has 1 N–H and O–H groups in total. The lowest BCUT2D eigenvalue weighted by molar-refractivity contribution is -0.121. The number of amides is 1. The van der Waals surface area contributed by atoms with Crippen molar-refractivity contribution >= 4 is 5.91 Å². The standard InChI is InChI=1S/C20H19FN2O/c21-18-10-8-17(9-11-18)19(23-12-4-5-13-23)14-20(24)22-15-16-6-2-1-3-7-16/h1-13,19H,14-15H2,(H,22,24). The highest BCUT2D eigenvalue weighted by atomic mass is 19.1. The molecule has 4 heteroatoms. The molecule has 0 saturated heterocycles. The molecule has 1 aromatic heterocycles. The molecule has 3 aromatic rings. The zero-order valence-corrected chi connectivity index (χ0v) is 13.2. The van der Waals surface area contributed by atoms with Crippen molar-refractivity contribution in [2.24, 2.45) is 0 Å².